The molecule has 1 aromatic rings. The summed E-state index contributed by atoms with van der Waals surface area (Å²) in [4.78, 5) is 11.4. The smallest absolute Gasteiger partial charge is 0.396 e. The molecule has 0 aromatic heterocycles. The third-order valence-corrected chi connectivity index (χ3v) is 2.59. The molecule has 3 N–H and O–H groups in total. The molecular weight excluding hydrogens is 273 g/mol. The molecule has 0 aliphatic rings. The third kappa shape index (κ3) is 5.92. The van der Waals surface area contributed by atoms with Crippen LogP contribution in [0.3, 0.4) is 0 Å². The number of hydrogen-bond acceptors (Lipinski definition) is 2. The van der Waals surface area contributed by atoms with E-state index in [1.807, 2.05) is 0 Å². The summed E-state index contributed by atoms with van der Waals surface area (Å²) in [5.41, 5.74) is -0.460. The van der Waals surface area contributed by atoms with Gasteiger partial charge in [-0.2, -0.15) is 13.2 Å². The Kier molecular flexibility index (Phi) is 6.30. The number of aliphatic hydroxyl groups is 1. The molecule has 1 aromatic carbocycles. The van der Waals surface area contributed by atoms with E-state index >= 15 is 0 Å². The molecule has 0 fully saturated rings. The minimum atomic E-state index is -4.38. The van der Waals surface area contributed by atoms with Crippen LogP contribution >= 0.6 is 0 Å². The van der Waals surface area contributed by atoms with Gasteiger partial charge in [-0.05, 0) is 43.5 Å². The first-order valence-corrected chi connectivity index (χ1v) is 6.26. The number of halogens is 3. The van der Waals surface area contributed by atoms with Crippen LogP contribution in [-0.2, 0) is 6.18 Å². The number of aliphatic hydroxyl groups excluding tert-OH is 1. The maximum absolute atomic E-state index is 12.3. The van der Waals surface area contributed by atoms with Gasteiger partial charge >= 0.3 is 12.2 Å². The van der Waals surface area contributed by atoms with Crippen LogP contribution in [0.25, 0.3) is 0 Å². The predicted molar refractivity (Wildman–Crippen MR) is 69.4 cm³/mol. The van der Waals surface area contributed by atoms with Crippen molar-refractivity contribution in [2.24, 2.45) is 0 Å². The zero-order chi connectivity index (χ0) is 15.0. The Morgan fingerprint density at radius 3 is 2.30 bits per heavy atom. The average Bonchev–Trinajstić information content (AvgIpc) is 2.38. The molecule has 112 valence electrons. The maximum Gasteiger partial charge on any atom is 0.416 e. The quantitative estimate of drug-likeness (QED) is 0.705. The minimum Gasteiger partial charge on any atom is -0.396 e. The second-order valence-corrected chi connectivity index (χ2v) is 4.24. The first-order chi connectivity index (χ1) is 9.43. The molecule has 2 amide bonds. The fourth-order valence-electron chi connectivity index (χ4n) is 1.53. The van der Waals surface area contributed by atoms with E-state index in [9.17, 15) is 18.0 Å². The van der Waals surface area contributed by atoms with Crippen LogP contribution in [0.2, 0.25) is 0 Å². The van der Waals surface area contributed by atoms with Gasteiger partial charge < -0.3 is 15.7 Å². The van der Waals surface area contributed by atoms with E-state index in [0.29, 0.717) is 18.7 Å². The van der Waals surface area contributed by atoms with Gasteiger partial charge in [0, 0.05) is 18.8 Å². The highest BCUT2D eigenvalue weighted by Gasteiger charge is 2.29. The van der Waals surface area contributed by atoms with Crippen molar-refractivity contribution in [1.82, 2.24) is 5.32 Å². The number of benzene rings is 1. The van der Waals surface area contributed by atoms with Crippen molar-refractivity contribution in [1.29, 1.82) is 0 Å². The second kappa shape index (κ2) is 7.74. The maximum atomic E-state index is 12.3. The summed E-state index contributed by atoms with van der Waals surface area (Å²) < 4.78 is 37.0. The monoisotopic (exact) mass is 290 g/mol. The first-order valence-electron chi connectivity index (χ1n) is 6.26. The molecule has 0 bridgehead atoms. The van der Waals surface area contributed by atoms with Gasteiger partial charge in [0.25, 0.3) is 0 Å². The van der Waals surface area contributed by atoms with Crippen molar-refractivity contribution >= 4 is 11.7 Å². The number of carbonyl (C=O) groups excluding carboxylic acids is 1. The molecule has 0 spiro atoms. The van der Waals surface area contributed by atoms with Crippen molar-refractivity contribution in [3.8, 4) is 0 Å². The lowest BCUT2D eigenvalue weighted by Gasteiger charge is -2.09. The number of rotatable bonds is 6. The predicted octanol–water partition coefficient (Wildman–Crippen LogP) is 2.99. The number of nitrogens with one attached hydrogen (secondary N) is 2. The number of hydrogen-bond donors (Lipinski definition) is 3. The van der Waals surface area contributed by atoms with Crippen molar-refractivity contribution in [3.05, 3.63) is 29.8 Å². The van der Waals surface area contributed by atoms with Gasteiger partial charge in [0.1, 0.15) is 0 Å². The summed E-state index contributed by atoms with van der Waals surface area (Å²) in [5.74, 6) is 0. The number of alkyl halides is 3. The van der Waals surface area contributed by atoms with E-state index in [2.05, 4.69) is 10.6 Å². The lowest BCUT2D eigenvalue weighted by atomic mass is 10.2. The molecule has 1 rings (SSSR count). The van der Waals surface area contributed by atoms with Crippen LogP contribution in [0.1, 0.15) is 24.8 Å². The summed E-state index contributed by atoms with van der Waals surface area (Å²) in [5, 5.41) is 13.6. The summed E-state index contributed by atoms with van der Waals surface area (Å²) in [7, 11) is 0. The summed E-state index contributed by atoms with van der Waals surface area (Å²) in [6.07, 6.45) is -2.16. The van der Waals surface area contributed by atoms with Gasteiger partial charge in [-0.3, -0.25) is 0 Å². The zero-order valence-corrected chi connectivity index (χ0v) is 10.8. The fourth-order valence-corrected chi connectivity index (χ4v) is 1.53. The molecular formula is C13H17F3N2O2. The van der Waals surface area contributed by atoms with Crippen LogP contribution < -0.4 is 10.6 Å². The Labute approximate surface area is 115 Å². The molecule has 4 nitrogen and oxygen atoms in total. The van der Waals surface area contributed by atoms with Gasteiger partial charge in [-0.15, -0.1) is 0 Å². The van der Waals surface area contributed by atoms with Gasteiger partial charge in [-0.1, -0.05) is 0 Å². The first kappa shape index (κ1) is 16.3. The Balaban J connectivity index is 2.35. The molecule has 0 unspecified atom stereocenters. The number of anilines is 1. The highest BCUT2D eigenvalue weighted by atomic mass is 19.4. The molecule has 0 saturated carbocycles. The van der Waals surface area contributed by atoms with E-state index in [4.69, 9.17) is 5.11 Å². The summed E-state index contributed by atoms with van der Waals surface area (Å²) >= 11 is 0. The molecule has 0 aliphatic heterocycles. The number of carbonyl (C=O) groups is 1. The molecule has 0 heterocycles. The second-order valence-electron chi connectivity index (χ2n) is 4.24. The molecule has 20 heavy (non-hydrogen) atoms. The van der Waals surface area contributed by atoms with Crippen molar-refractivity contribution < 1.29 is 23.1 Å². The lowest BCUT2D eigenvalue weighted by molar-refractivity contribution is -0.137. The summed E-state index contributed by atoms with van der Waals surface area (Å²) in [6.45, 7) is 0.574. The van der Waals surface area contributed by atoms with Crippen LogP contribution in [0.5, 0.6) is 0 Å². The van der Waals surface area contributed by atoms with Crippen LogP contribution in [-0.4, -0.2) is 24.3 Å². The van der Waals surface area contributed by atoms with Gasteiger partial charge in [-0.25, -0.2) is 4.79 Å². The van der Waals surface area contributed by atoms with E-state index < -0.39 is 17.8 Å². The molecule has 0 radical (unpaired) electrons. The molecule has 7 heteroatoms. The van der Waals surface area contributed by atoms with Crippen molar-refractivity contribution in [2.75, 3.05) is 18.5 Å². The van der Waals surface area contributed by atoms with Crippen molar-refractivity contribution in [3.63, 3.8) is 0 Å². The standard InChI is InChI=1S/C13H17F3N2O2/c14-13(15,16)10-4-6-11(7-5-10)18-12(20)17-8-2-1-3-9-19/h4-7,19H,1-3,8-9H2,(H2,17,18,20). The fraction of sp³-hybridized carbons (Fsp3) is 0.462. The van der Waals surface area contributed by atoms with Gasteiger partial charge in [0.2, 0.25) is 0 Å². The largest absolute Gasteiger partial charge is 0.416 e. The lowest BCUT2D eigenvalue weighted by Crippen LogP contribution is -2.29. The van der Waals surface area contributed by atoms with Crippen molar-refractivity contribution in [2.45, 2.75) is 25.4 Å². The van der Waals surface area contributed by atoms with Gasteiger partial charge in [0.15, 0.2) is 0 Å². The minimum absolute atomic E-state index is 0.123. The Morgan fingerprint density at radius 1 is 1.10 bits per heavy atom. The van der Waals surface area contributed by atoms with Crippen LogP contribution in [0.15, 0.2) is 24.3 Å². The Morgan fingerprint density at radius 2 is 1.75 bits per heavy atom. The van der Waals surface area contributed by atoms with E-state index in [1.165, 1.54) is 12.1 Å². The number of amides is 2. The molecule has 0 aliphatic carbocycles. The van der Waals surface area contributed by atoms with Crippen LogP contribution in [0, 0.1) is 0 Å². The van der Waals surface area contributed by atoms with E-state index in [0.717, 1.165) is 25.0 Å². The Bertz CT molecular complexity index is 419. The summed E-state index contributed by atoms with van der Waals surface area (Å²) in [6, 6.07) is 3.77. The normalized spacial score (nSPS) is 11.2. The third-order valence-electron chi connectivity index (χ3n) is 2.59. The molecule has 0 saturated heterocycles. The highest BCUT2D eigenvalue weighted by Crippen LogP contribution is 2.29. The average molecular weight is 290 g/mol. The van der Waals surface area contributed by atoms with E-state index in [-0.39, 0.29) is 6.61 Å². The Hall–Kier alpha value is -1.76. The SMILES string of the molecule is O=C(NCCCCCO)Nc1ccc(C(F)(F)F)cc1. The van der Waals surface area contributed by atoms with E-state index in [1.54, 1.807) is 0 Å². The van der Waals surface area contributed by atoms with Crippen LogP contribution in [0.4, 0.5) is 23.7 Å². The molecule has 0 atom stereocenters. The number of unbranched alkanes of at least 4 members (excludes halogenated alkanes) is 2. The highest BCUT2D eigenvalue weighted by molar-refractivity contribution is 5.89. The topological polar surface area (TPSA) is 61.4 Å². The van der Waals surface area contributed by atoms with Gasteiger partial charge in [0.05, 0.1) is 5.56 Å². The zero-order valence-electron chi connectivity index (χ0n) is 10.8. The number of urea groups is 1.